The lowest BCUT2D eigenvalue weighted by atomic mass is 10.0. The van der Waals surface area contributed by atoms with E-state index in [4.69, 9.17) is 10.8 Å². The highest BCUT2D eigenvalue weighted by molar-refractivity contribution is 5.79. The van der Waals surface area contributed by atoms with Gasteiger partial charge in [0.25, 0.3) is 0 Å². The minimum atomic E-state index is -1.29. The molecule has 0 bridgehead atoms. The molecule has 0 aromatic heterocycles. The largest absolute Gasteiger partial charge is 0.480 e. The van der Waals surface area contributed by atoms with Gasteiger partial charge in [-0.05, 0) is 24.6 Å². The van der Waals surface area contributed by atoms with Crippen molar-refractivity contribution in [2.45, 2.75) is 18.5 Å². The van der Waals surface area contributed by atoms with Crippen molar-refractivity contribution in [1.29, 1.82) is 0 Å². The molecule has 1 aromatic carbocycles. The van der Waals surface area contributed by atoms with Crippen molar-refractivity contribution in [3.8, 4) is 0 Å². The van der Waals surface area contributed by atoms with Crippen molar-refractivity contribution in [3.05, 3.63) is 35.4 Å². The van der Waals surface area contributed by atoms with Gasteiger partial charge in [0.2, 0.25) is 0 Å². The fourth-order valence-electron chi connectivity index (χ4n) is 2.13. The smallest absolute Gasteiger partial charge is 0.325 e. The van der Waals surface area contributed by atoms with E-state index in [2.05, 4.69) is 0 Å². The Morgan fingerprint density at radius 3 is 2.83 bits per heavy atom. The molecule has 0 aliphatic carbocycles. The molecule has 2 rings (SSSR count). The second-order valence-electron chi connectivity index (χ2n) is 4.66. The topological polar surface area (TPSA) is 66.6 Å². The van der Waals surface area contributed by atoms with E-state index >= 15 is 0 Å². The number of benzene rings is 1. The molecule has 1 aliphatic rings. The van der Waals surface area contributed by atoms with E-state index in [1.54, 1.807) is 4.90 Å². The summed E-state index contributed by atoms with van der Waals surface area (Å²) >= 11 is 0. The molecule has 1 saturated heterocycles. The molecule has 0 radical (unpaired) electrons. The zero-order valence-corrected chi connectivity index (χ0v) is 9.70. The molecular formula is C12H14F2N2O2. The molecule has 3 N–H and O–H groups in total. The zero-order valence-electron chi connectivity index (χ0n) is 9.70. The lowest BCUT2D eigenvalue weighted by molar-refractivity contribution is -0.142. The van der Waals surface area contributed by atoms with Crippen molar-refractivity contribution >= 4 is 5.97 Å². The summed E-state index contributed by atoms with van der Waals surface area (Å²) in [6.45, 7) is 0.757. The predicted molar refractivity (Wildman–Crippen MR) is 60.8 cm³/mol. The molecule has 1 unspecified atom stereocenters. The van der Waals surface area contributed by atoms with Crippen LogP contribution in [-0.4, -0.2) is 34.6 Å². The monoisotopic (exact) mass is 256 g/mol. The third-order valence-electron chi connectivity index (χ3n) is 3.21. The van der Waals surface area contributed by atoms with Crippen LogP contribution in [0.4, 0.5) is 8.78 Å². The average molecular weight is 256 g/mol. The van der Waals surface area contributed by atoms with Crippen LogP contribution in [0.25, 0.3) is 0 Å². The highest BCUT2D eigenvalue weighted by Gasteiger charge is 2.41. The van der Waals surface area contributed by atoms with E-state index in [-0.39, 0.29) is 18.7 Å². The van der Waals surface area contributed by atoms with E-state index in [1.165, 1.54) is 0 Å². The third-order valence-corrected chi connectivity index (χ3v) is 3.21. The Kier molecular flexibility index (Phi) is 3.32. The van der Waals surface area contributed by atoms with E-state index in [0.29, 0.717) is 13.0 Å². The zero-order chi connectivity index (χ0) is 13.3. The van der Waals surface area contributed by atoms with Crippen LogP contribution in [0.2, 0.25) is 0 Å². The van der Waals surface area contributed by atoms with Gasteiger partial charge in [0.15, 0.2) is 0 Å². The van der Waals surface area contributed by atoms with Crippen molar-refractivity contribution in [2.24, 2.45) is 5.73 Å². The molecule has 1 atom stereocenters. The normalized spacial score (nSPS) is 24.4. The first-order chi connectivity index (χ1) is 8.40. The fraction of sp³-hybridized carbons (Fsp3) is 0.417. The number of carbonyl (C=O) groups is 1. The molecule has 18 heavy (non-hydrogen) atoms. The summed E-state index contributed by atoms with van der Waals surface area (Å²) in [5, 5.41) is 8.97. The molecule has 6 heteroatoms. The number of hydrogen-bond donors (Lipinski definition) is 2. The second kappa shape index (κ2) is 4.62. The molecule has 98 valence electrons. The van der Waals surface area contributed by atoms with Crippen LogP contribution >= 0.6 is 0 Å². The summed E-state index contributed by atoms with van der Waals surface area (Å²) in [5.74, 6) is -2.08. The van der Waals surface area contributed by atoms with E-state index in [0.717, 1.165) is 18.2 Å². The van der Waals surface area contributed by atoms with Gasteiger partial charge in [-0.1, -0.05) is 0 Å². The van der Waals surface area contributed by atoms with Gasteiger partial charge in [0, 0.05) is 25.2 Å². The Hall–Kier alpha value is -1.53. The van der Waals surface area contributed by atoms with Crippen LogP contribution in [0, 0.1) is 11.6 Å². The maximum atomic E-state index is 13.4. The Morgan fingerprint density at radius 2 is 2.22 bits per heavy atom. The van der Waals surface area contributed by atoms with E-state index < -0.39 is 23.1 Å². The number of halogens is 2. The number of rotatable bonds is 3. The first kappa shape index (κ1) is 12.9. The van der Waals surface area contributed by atoms with Gasteiger partial charge in [-0.2, -0.15) is 0 Å². The van der Waals surface area contributed by atoms with Crippen LogP contribution in [0.3, 0.4) is 0 Å². The Labute approximate surface area is 103 Å². The maximum Gasteiger partial charge on any atom is 0.325 e. The van der Waals surface area contributed by atoms with Crippen LogP contribution < -0.4 is 5.73 Å². The molecule has 0 saturated carbocycles. The third kappa shape index (κ3) is 2.49. The quantitative estimate of drug-likeness (QED) is 0.845. The highest BCUT2D eigenvalue weighted by Crippen LogP contribution is 2.22. The van der Waals surface area contributed by atoms with Crippen LogP contribution in [0.5, 0.6) is 0 Å². The van der Waals surface area contributed by atoms with Crippen molar-refractivity contribution in [3.63, 3.8) is 0 Å². The van der Waals surface area contributed by atoms with Gasteiger partial charge in [-0.15, -0.1) is 0 Å². The summed E-state index contributed by atoms with van der Waals surface area (Å²) in [7, 11) is 0. The molecular weight excluding hydrogens is 242 g/mol. The summed E-state index contributed by atoms with van der Waals surface area (Å²) < 4.78 is 26.4. The fourth-order valence-corrected chi connectivity index (χ4v) is 2.13. The Bertz CT molecular complexity index is 481. The minimum absolute atomic E-state index is 0.137. The lowest BCUT2D eigenvalue weighted by Crippen LogP contribution is -2.50. The number of carboxylic acids is 1. The Morgan fingerprint density at radius 1 is 1.50 bits per heavy atom. The number of nitrogens with zero attached hydrogens (tertiary/aromatic N) is 1. The maximum absolute atomic E-state index is 13.4. The molecule has 1 fully saturated rings. The van der Waals surface area contributed by atoms with Crippen molar-refractivity contribution in [1.82, 2.24) is 4.90 Å². The molecule has 4 nitrogen and oxygen atoms in total. The average Bonchev–Trinajstić information content (AvgIpc) is 2.67. The van der Waals surface area contributed by atoms with Gasteiger partial charge in [0.1, 0.15) is 17.2 Å². The van der Waals surface area contributed by atoms with Crippen LogP contribution in [-0.2, 0) is 11.3 Å². The molecule has 0 amide bonds. The highest BCUT2D eigenvalue weighted by atomic mass is 19.1. The summed E-state index contributed by atoms with van der Waals surface area (Å²) in [6.07, 6.45) is 0.305. The van der Waals surface area contributed by atoms with Gasteiger partial charge in [-0.25, -0.2) is 8.78 Å². The van der Waals surface area contributed by atoms with Crippen LogP contribution in [0.1, 0.15) is 12.0 Å². The minimum Gasteiger partial charge on any atom is -0.480 e. The number of hydrogen-bond acceptors (Lipinski definition) is 3. The predicted octanol–water partition coefficient (Wildman–Crippen LogP) is 0.953. The summed E-state index contributed by atoms with van der Waals surface area (Å²) in [4.78, 5) is 12.7. The Balaban J connectivity index is 2.08. The number of carboxylic acid groups (broad SMARTS) is 1. The number of nitrogens with two attached hydrogens (primary N) is 1. The standard InChI is InChI=1S/C12H14F2N2O2/c13-9-1-2-10(14)8(5-9)6-16-4-3-12(15,7-16)11(17)18/h1-2,5H,3-4,6-7,15H2,(H,17,18). The first-order valence-corrected chi connectivity index (χ1v) is 5.59. The lowest BCUT2D eigenvalue weighted by Gasteiger charge is -2.20. The van der Waals surface area contributed by atoms with E-state index in [1.807, 2.05) is 0 Å². The molecule has 1 heterocycles. The molecule has 1 aliphatic heterocycles. The summed E-state index contributed by atoms with van der Waals surface area (Å²) in [6, 6.07) is 3.23. The first-order valence-electron chi connectivity index (χ1n) is 5.59. The van der Waals surface area contributed by atoms with Gasteiger partial charge in [0.05, 0.1) is 0 Å². The van der Waals surface area contributed by atoms with Gasteiger partial charge in [-0.3, -0.25) is 9.69 Å². The SMILES string of the molecule is NC1(C(=O)O)CCN(Cc2cc(F)ccc2F)C1. The summed E-state index contributed by atoms with van der Waals surface area (Å²) in [5.41, 5.74) is 4.63. The van der Waals surface area contributed by atoms with Crippen LogP contribution in [0.15, 0.2) is 18.2 Å². The van der Waals surface area contributed by atoms with Crippen molar-refractivity contribution < 1.29 is 18.7 Å². The molecule has 1 aromatic rings. The second-order valence-corrected chi connectivity index (χ2v) is 4.66. The van der Waals surface area contributed by atoms with E-state index in [9.17, 15) is 13.6 Å². The number of aliphatic carboxylic acids is 1. The van der Waals surface area contributed by atoms with Gasteiger partial charge >= 0.3 is 5.97 Å². The van der Waals surface area contributed by atoms with Gasteiger partial charge < -0.3 is 10.8 Å². The molecule has 0 spiro atoms. The number of likely N-dealkylation sites (tertiary alicyclic amines) is 1. The van der Waals surface area contributed by atoms with Crippen molar-refractivity contribution in [2.75, 3.05) is 13.1 Å².